The number of aromatic nitrogens is 2. The monoisotopic (exact) mass is 390 g/mol. The number of fused-ring (bicyclic) bond motifs is 1. The molecule has 5 nitrogen and oxygen atoms in total. The maximum Gasteiger partial charge on any atom is 0.319 e. The molecule has 2 heterocycles. The number of carbonyl (C=O) groups is 1. The van der Waals surface area contributed by atoms with Crippen molar-refractivity contribution in [1.29, 1.82) is 0 Å². The summed E-state index contributed by atoms with van der Waals surface area (Å²) in [5.74, 6) is -0.0324. The highest BCUT2D eigenvalue weighted by atomic mass is 35.5. The fraction of sp³-hybridized carbons (Fsp3) is 0.0909. The lowest BCUT2D eigenvalue weighted by Crippen LogP contribution is -2.32. The number of amides is 2. The molecule has 1 atom stereocenters. The Bertz CT molecular complexity index is 1090. The van der Waals surface area contributed by atoms with Gasteiger partial charge in [-0.1, -0.05) is 41.9 Å². The van der Waals surface area contributed by atoms with Crippen LogP contribution >= 0.6 is 11.6 Å². The fourth-order valence-electron chi connectivity index (χ4n) is 3.31. The van der Waals surface area contributed by atoms with Crippen LogP contribution in [0, 0.1) is 0 Å². The van der Waals surface area contributed by atoms with Crippen molar-refractivity contribution < 1.29 is 4.79 Å². The molecule has 28 heavy (non-hydrogen) atoms. The van der Waals surface area contributed by atoms with Crippen LogP contribution in [0.15, 0.2) is 79.3 Å². The van der Waals surface area contributed by atoms with Crippen LogP contribution in [0.25, 0.3) is 10.9 Å². The molecule has 2 amide bonds. The van der Waals surface area contributed by atoms with Crippen molar-refractivity contribution >= 4 is 34.2 Å². The summed E-state index contributed by atoms with van der Waals surface area (Å²) in [5.41, 5.74) is 3.87. The number of H-pyrrole nitrogens is 1. The molecular weight excluding hydrogens is 372 g/mol. The first-order chi connectivity index (χ1) is 13.7. The third-order valence-electron chi connectivity index (χ3n) is 4.63. The van der Waals surface area contributed by atoms with Crippen LogP contribution in [0.4, 0.5) is 10.5 Å². The summed E-state index contributed by atoms with van der Waals surface area (Å²) in [4.78, 5) is 20.0. The molecule has 0 saturated carbocycles. The van der Waals surface area contributed by atoms with Crippen LogP contribution in [-0.4, -0.2) is 22.5 Å². The molecule has 1 unspecified atom stereocenters. The molecule has 4 rings (SSSR count). The van der Waals surface area contributed by atoms with Gasteiger partial charge in [0.25, 0.3) is 0 Å². The summed E-state index contributed by atoms with van der Waals surface area (Å²) in [7, 11) is 0. The van der Waals surface area contributed by atoms with Crippen LogP contribution in [-0.2, 0) is 0 Å². The van der Waals surface area contributed by atoms with Gasteiger partial charge in [-0.05, 0) is 41.5 Å². The summed E-state index contributed by atoms with van der Waals surface area (Å²) >= 11 is 5.98. The van der Waals surface area contributed by atoms with Crippen LogP contribution in [0.5, 0.6) is 0 Å². The smallest absolute Gasteiger partial charge is 0.319 e. The van der Waals surface area contributed by atoms with Crippen molar-refractivity contribution in [1.82, 2.24) is 15.3 Å². The van der Waals surface area contributed by atoms with Gasteiger partial charge in [0, 0.05) is 52.7 Å². The number of hydrogen-bond acceptors (Lipinski definition) is 2. The summed E-state index contributed by atoms with van der Waals surface area (Å²) in [5, 5.41) is 7.49. The zero-order chi connectivity index (χ0) is 19.3. The second-order valence-corrected chi connectivity index (χ2v) is 6.91. The molecular formula is C22H19ClN4O. The molecule has 0 aliphatic carbocycles. The Hall–Kier alpha value is -3.31. The third kappa shape index (κ3) is 4.00. The topological polar surface area (TPSA) is 69.8 Å². The Morgan fingerprint density at radius 1 is 1.11 bits per heavy atom. The number of para-hydroxylation sites is 1. The zero-order valence-corrected chi connectivity index (χ0v) is 15.8. The van der Waals surface area contributed by atoms with Crippen molar-refractivity contribution in [2.45, 2.75) is 5.92 Å². The molecule has 140 valence electrons. The standard InChI is InChI=1S/C22H19ClN4O/c23-16-6-3-7-17(11-16)27-22(28)26-13-19(15-5-4-10-24-12-15)20-14-25-21-9-2-1-8-18(20)21/h1-12,14,19,25H,13H2,(H2,26,27,28). The van der Waals surface area contributed by atoms with E-state index in [2.05, 4.69) is 26.7 Å². The van der Waals surface area contributed by atoms with Gasteiger partial charge in [0.1, 0.15) is 0 Å². The van der Waals surface area contributed by atoms with Crippen LogP contribution in [0.1, 0.15) is 17.0 Å². The molecule has 0 fully saturated rings. The lowest BCUT2D eigenvalue weighted by atomic mass is 9.92. The van der Waals surface area contributed by atoms with Crippen molar-refractivity contribution in [3.8, 4) is 0 Å². The molecule has 0 saturated heterocycles. The number of aromatic amines is 1. The number of urea groups is 1. The second-order valence-electron chi connectivity index (χ2n) is 6.47. The van der Waals surface area contributed by atoms with E-state index in [-0.39, 0.29) is 11.9 Å². The predicted molar refractivity (Wildman–Crippen MR) is 113 cm³/mol. The molecule has 6 heteroatoms. The quantitative estimate of drug-likeness (QED) is 0.440. The van der Waals surface area contributed by atoms with E-state index < -0.39 is 0 Å². The molecule has 0 radical (unpaired) electrons. The van der Waals surface area contributed by atoms with Crippen LogP contribution < -0.4 is 10.6 Å². The molecule has 0 bridgehead atoms. The van der Waals surface area contributed by atoms with Crippen LogP contribution in [0.2, 0.25) is 5.02 Å². The van der Waals surface area contributed by atoms with E-state index in [1.165, 1.54) is 0 Å². The number of pyridine rings is 1. The molecule has 3 N–H and O–H groups in total. The van der Waals surface area contributed by atoms with Gasteiger partial charge in [0.15, 0.2) is 0 Å². The minimum Gasteiger partial charge on any atom is -0.361 e. The highest BCUT2D eigenvalue weighted by Crippen LogP contribution is 2.30. The number of anilines is 1. The summed E-state index contributed by atoms with van der Waals surface area (Å²) in [6, 6.07) is 18.8. The molecule has 4 aromatic rings. The number of carbonyl (C=O) groups excluding carboxylic acids is 1. The maximum atomic E-state index is 12.4. The largest absolute Gasteiger partial charge is 0.361 e. The minimum absolute atomic E-state index is 0.0324. The molecule has 0 spiro atoms. The second kappa shape index (κ2) is 8.15. The van der Waals surface area contributed by atoms with Crippen molar-refractivity contribution in [2.24, 2.45) is 0 Å². The summed E-state index contributed by atoms with van der Waals surface area (Å²) in [6.07, 6.45) is 5.58. The van der Waals surface area contributed by atoms with E-state index in [1.807, 2.05) is 42.7 Å². The Labute approximate surface area is 167 Å². The van der Waals surface area contributed by atoms with Gasteiger partial charge < -0.3 is 15.6 Å². The average Bonchev–Trinajstić information content (AvgIpc) is 3.13. The van der Waals surface area contributed by atoms with Gasteiger partial charge in [-0.3, -0.25) is 4.98 Å². The lowest BCUT2D eigenvalue weighted by molar-refractivity contribution is 0.252. The molecule has 0 aliphatic heterocycles. The predicted octanol–water partition coefficient (Wildman–Crippen LogP) is 5.17. The van der Waals surface area contributed by atoms with E-state index >= 15 is 0 Å². The zero-order valence-electron chi connectivity index (χ0n) is 15.0. The minimum atomic E-state index is -0.281. The van der Waals surface area contributed by atoms with E-state index in [9.17, 15) is 4.79 Å². The molecule has 0 aliphatic rings. The number of nitrogens with one attached hydrogen (secondary N) is 3. The Kier molecular flexibility index (Phi) is 5.26. The number of benzene rings is 2. The van der Waals surface area contributed by atoms with Gasteiger partial charge in [0.05, 0.1) is 0 Å². The van der Waals surface area contributed by atoms with Gasteiger partial charge >= 0.3 is 6.03 Å². The Balaban J connectivity index is 1.56. The van der Waals surface area contributed by atoms with E-state index in [0.717, 1.165) is 22.0 Å². The highest BCUT2D eigenvalue weighted by molar-refractivity contribution is 6.30. The SMILES string of the molecule is O=C(NCC(c1cccnc1)c1c[nH]c2ccccc12)Nc1cccc(Cl)c1. The van der Waals surface area contributed by atoms with Gasteiger partial charge in [-0.25, -0.2) is 4.79 Å². The summed E-state index contributed by atoms with van der Waals surface area (Å²) < 4.78 is 0. The average molecular weight is 391 g/mol. The van der Waals surface area contributed by atoms with Gasteiger partial charge in [-0.2, -0.15) is 0 Å². The van der Waals surface area contributed by atoms with E-state index in [4.69, 9.17) is 11.6 Å². The first kappa shape index (κ1) is 18.1. The molecule has 2 aromatic carbocycles. The highest BCUT2D eigenvalue weighted by Gasteiger charge is 2.19. The fourth-order valence-corrected chi connectivity index (χ4v) is 3.50. The van der Waals surface area contributed by atoms with E-state index in [0.29, 0.717) is 17.3 Å². The summed E-state index contributed by atoms with van der Waals surface area (Å²) in [6.45, 7) is 0.430. The third-order valence-corrected chi connectivity index (χ3v) is 4.87. The number of rotatable bonds is 5. The number of nitrogens with zero attached hydrogens (tertiary/aromatic N) is 1. The van der Waals surface area contributed by atoms with Crippen LogP contribution in [0.3, 0.4) is 0 Å². The normalized spacial score (nSPS) is 11.9. The first-order valence-corrected chi connectivity index (χ1v) is 9.35. The van der Waals surface area contributed by atoms with Crippen molar-refractivity contribution in [3.05, 3.63) is 95.4 Å². The van der Waals surface area contributed by atoms with Crippen molar-refractivity contribution in [2.75, 3.05) is 11.9 Å². The first-order valence-electron chi connectivity index (χ1n) is 8.97. The number of halogens is 1. The molecule has 2 aromatic heterocycles. The Morgan fingerprint density at radius 2 is 2.00 bits per heavy atom. The lowest BCUT2D eigenvalue weighted by Gasteiger charge is -2.18. The van der Waals surface area contributed by atoms with E-state index in [1.54, 1.807) is 30.5 Å². The van der Waals surface area contributed by atoms with Gasteiger partial charge in [0.2, 0.25) is 0 Å². The Morgan fingerprint density at radius 3 is 2.82 bits per heavy atom. The van der Waals surface area contributed by atoms with Gasteiger partial charge in [-0.15, -0.1) is 0 Å². The van der Waals surface area contributed by atoms with Crippen molar-refractivity contribution in [3.63, 3.8) is 0 Å². The maximum absolute atomic E-state index is 12.4. The number of hydrogen-bond donors (Lipinski definition) is 3.